The molecular formula is C14H9N3O4. The number of hydrogen-bond donors (Lipinski definition) is 0. The Morgan fingerprint density at radius 2 is 1.62 bits per heavy atom. The molecule has 104 valence electrons. The summed E-state index contributed by atoms with van der Waals surface area (Å²) < 4.78 is 0. The van der Waals surface area contributed by atoms with E-state index in [4.69, 9.17) is 4.84 Å². The van der Waals surface area contributed by atoms with Crippen LogP contribution >= 0.6 is 0 Å². The van der Waals surface area contributed by atoms with E-state index >= 15 is 0 Å². The molecule has 7 nitrogen and oxygen atoms in total. The van der Waals surface area contributed by atoms with Crippen molar-refractivity contribution in [1.29, 1.82) is 0 Å². The minimum atomic E-state index is -0.737. The number of amides is 2. The average Bonchev–Trinajstić information content (AvgIpc) is 2.74. The van der Waals surface area contributed by atoms with Gasteiger partial charge in [0.2, 0.25) is 0 Å². The van der Waals surface area contributed by atoms with Gasteiger partial charge in [-0.25, -0.2) is 14.8 Å². The maximum absolute atomic E-state index is 12.0. The van der Waals surface area contributed by atoms with Crippen LogP contribution in [0.1, 0.15) is 26.3 Å². The van der Waals surface area contributed by atoms with Crippen molar-refractivity contribution in [2.45, 2.75) is 6.42 Å². The van der Waals surface area contributed by atoms with Crippen LogP contribution in [0.5, 0.6) is 0 Å². The molecule has 2 aromatic rings. The number of carbonyl (C=O) groups excluding carboxylic acids is 3. The topological polar surface area (TPSA) is 89.5 Å². The molecule has 0 radical (unpaired) electrons. The molecule has 0 spiro atoms. The van der Waals surface area contributed by atoms with Crippen LogP contribution in [0.25, 0.3) is 0 Å². The number of nitrogens with zero attached hydrogens (tertiary/aromatic N) is 3. The highest BCUT2D eigenvalue weighted by atomic mass is 16.7. The number of carbonyl (C=O) groups is 3. The van der Waals surface area contributed by atoms with Gasteiger partial charge in [-0.3, -0.25) is 9.59 Å². The van der Waals surface area contributed by atoms with Crippen molar-refractivity contribution < 1.29 is 19.2 Å². The lowest BCUT2D eigenvalue weighted by Gasteiger charge is -2.12. The zero-order valence-corrected chi connectivity index (χ0v) is 10.7. The Morgan fingerprint density at radius 3 is 2.19 bits per heavy atom. The Kier molecular flexibility index (Phi) is 3.15. The second kappa shape index (κ2) is 5.12. The molecule has 2 amide bonds. The highest BCUT2D eigenvalue weighted by Crippen LogP contribution is 2.22. The van der Waals surface area contributed by atoms with E-state index in [0.29, 0.717) is 10.6 Å². The normalized spacial score (nSPS) is 13.2. The van der Waals surface area contributed by atoms with Crippen LogP contribution in [-0.4, -0.2) is 32.8 Å². The second-order valence-corrected chi connectivity index (χ2v) is 4.34. The number of fused-ring (bicyclic) bond motifs is 1. The predicted molar refractivity (Wildman–Crippen MR) is 68.8 cm³/mol. The number of hydroxylamine groups is 2. The van der Waals surface area contributed by atoms with Crippen molar-refractivity contribution in [1.82, 2.24) is 15.0 Å². The Bertz CT molecular complexity index is 695. The summed E-state index contributed by atoms with van der Waals surface area (Å²) in [4.78, 5) is 48.2. The summed E-state index contributed by atoms with van der Waals surface area (Å²) in [5.41, 5.74) is 0.968. The monoisotopic (exact) mass is 283 g/mol. The highest BCUT2D eigenvalue weighted by molar-refractivity contribution is 6.20. The number of hydrogen-bond acceptors (Lipinski definition) is 6. The Morgan fingerprint density at radius 1 is 1.05 bits per heavy atom. The van der Waals surface area contributed by atoms with Crippen molar-refractivity contribution in [3.05, 3.63) is 59.7 Å². The van der Waals surface area contributed by atoms with E-state index in [1.54, 1.807) is 12.1 Å². The van der Waals surface area contributed by atoms with E-state index in [9.17, 15) is 14.4 Å². The summed E-state index contributed by atoms with van der Waals surface area (Å²) in [6.45, 7) is 0. The van der Waals surface area contributed by atoms with E-state index in [0.717, 1.165) is 0 Å². The van der Waals surface area contributed by atoms with Gasteiger partial charge in [-0.15, -0.1) is 0 Å². The largest absolute Gasteiger partial charge is 0.337 e. The van der Waals surface area contributed by atoms with Crippen LogP contribution in [-0.2, 0) is 16.1 Å². The standard InChI is InChI=1S/C14H9N3O4/c18-12(5-9-6-15-8-16-7-9)21-17-13(19)10-3-1-2-4-11(10)14(17)20/h1-4,6-8H,5H2. The molecule has 21 heavy (non-hydrogen) atoms. The zero-order chi connectivity index (χ0) is 14.8. The quantitative estimate of drug-likeness (QED) is 0.773. The zero-order valence-electron chi connectivity index (χ0n) is 10.7. The summed E-state index contributed by atoms with van der Waals surface area (Å²) in [5, 5.41) is 0.483. The molecule has 0 bridgehead atoms. The summed E-state index contributed by atoms with van der Waals surface area (Å²) in [6, 6.07) is 6.29. The van der Waals surface area contributed by atoms with Gasteiger partial charge in [0.15, 0.2) is 0 Å². The third-order valence-corrected chi connectivity index (χ3v) is 2.91. The summed E-state index contributed by atoms with van der Waals surface area (Å²) >= 11 is 0. The molecular weight excluding hydrogens is 274 g/mol. The van der Waals surface area contributed by atoms with Gasteiger partial charge < -0.3 is 4.84 Å². The Balaban J connectivity index is 1.73. The molecule has 3 rings (SSSR count). The fraction of sp³-hybridized carbons (Fsp3) is 0.0714. The second-order valence-electron chi connectivity index (χ2n) is 4.34. The van der Waals surface area contributed by atoms with E-state index in [-0.39, 0.29) is 17.5 Å². The first-order chi connectivity index (χ1) is 10.2. The van der Waals surface area contributed by atoms with Crippen LogP contribution in [0.15, 0.2) is 43.0 Å². The van der Waals surface area contributed by atoms with Crippen LogP contribution < -0.4 is 0 Å². The highest BCUT2D eigenvalue weighted by Gasteiger charge is 2.38. The molecule has 1 aromatic carbocycles. The van der Waals surface area contributed by atoms with Crippen LogP contribution in [0.3, 0.4) is 0 Å². The first-order valence-corrected chi connectivity index (χ1v) is 6.09. The lowest BCUT2D eigenvalue weighted by molar-refractivity contribution is -0.167. The number of imide groups is 1. The van der Waals surface area contributed by atoms with Crippen LogP contribution in [0.2, 0.25) is 0 Å². The molecule has 0 saturated heterocycles. The number of benzene rings is 1. The van der Waals surface area contributed by atoms with E-state index in [1.165, 1.54) is 30.9 Å². The molecule has 0 atom stereocenters. The smallest absolute Gasteiger partial charge is 0.329 e. The Labute approximate surface area is 119 Å². The fourth-order valence-corrected chi connectivity index (χ4v) is 1.97. The number of aromatic nitrogens is 2. The van der Waals surface area contributed by atoms with Crippen LogP contribution in [0, 0.1) is 0 Å². The SMILES string of the molecule is O=C(Cc1cncnc1)ON1C(=O)c2ccccc2C1=O. The van der Waals surface area contributed by atoms with Crippen molar-refractivity contribution >= 4 is 17.8 Å². The van der Waals surface area contributed by atoms with Crippen molar-refractivity contribution in [3.63, 3.8) is 0 Å². The molecule has 1 aliphatic heterocycles. The summed E-state index contributed by atoms with van der Waals surface area (Å²) in [5.74, 6) is -2.03. The minimum absolute atomic E-state index is 0.131. The average molecular weight is 283 g/mol. The van der Waals surface area contributed by atoms with Crippen molar-refractivity contribution in [2.75, 3.05) is 0 Å². The molecule has 0 saturated carbocycles. The maximum atomic E-state index is 12.0. The number of rotatable bonds is 3. The molecule has 0 aliphatic carbocycles. The van der Waals surface area contributed by atoms with Gasteiger partial charge in [0.05, 0.1) is 17.5 Å². The van der Waals surface area contributed by atoms with Gasteiger partial charge in [0.25, 0.3) is 11.8 Å². The third kappa shape index (κ3) is 2.36. The summed E-state index contributed by atoms with van der Waals surface area (Å²) in [7, 11) is 0. The summed E-state index contributed by atoms with van der Waals surface area (Å²) in [6.07, 6.45) is 4.11. The van der Waals surface area contributed by atoms with Gasteiger partial charge in [-0.05, 0) is 17.7 Å². The first kappa shape index (κ1) is 12.9. The minimum Gasteiger partial charge on any atom is -0.329 e. The van der Waals surface area contributed by atoms with E-state index < -0.39 is 17.8 Å². The molecule has 1 aliphatic rings. The molecule has 1 aromatic heterocycles. The van der Waals surface area contributed by atoms with Gasteiger partial charge >= 0.3 is 5.97 Å². The van der Waals surface area contributed by atoms with Crippen molar-refractivity contribution in [3.8, 4) is 0 Å². The lowest BCUT2D eigenvalue weighted by atomic mass is 10.1. The molecule has 7 heteroatoms. The van der Waals surface area contributed by atoms with E-state index in [1.807, 2.05) is 0 Å². The van der Waals surface area contributed by atoms with Crippen LogP contribution in [0.4, 0.5) is 0 Å². The molecule has 2 heterocycles. The van der Waals surface area contributed by atoms with Gasteiger partial charge in [0.1, 0.15) is 6.33 Å². The molecule has 0 N–H and O–H groups in total. The lowest BCUT2D eigenvalue weighted by Crippen LogP contribution is -2.33. The van der Waals surface area contributed by atoms with Gasteiger partial charge in [-0.2, -0.15) is 0 Å². The molecule has 0 fully saturated rings. The molecule has 0 unspecified atom stereocenters. The predicted octanol–water partition coefficient (Wildman–Crippen LogP) is 0.774. The third-order valence-electron chi connectivity index (χ3n) is 2.91. The van der Waals surface area contributed by atoms with Gasteiger partial charge in [0, 0.05) is 12.4 Å². The maximum Gasteiger partial charge on any atom is 0.337 e. The van der Waals surface area contributed by atoms with Gasteiger partial charge in [-0.1, -0.05) is 17.2 Å². The van der Waals surface area contributed by atoms with E-state index in [2.05, 4.69) is 9.97 Å². The van der Waals surface area contributed by atoms with Crippen molar-refractivity contribution in [2.24, 2.45) is 0 Å². The fourth-order valence-electron chi connectivity index (χ4n) is 1.97. The Hall–Kier alpha value is -3.09. The first-order valence-electron chi connectivity index (χ1n) is 6.09.